The Labute approximate surface area is 134 Å². The lowest BCUT2D eigenvalue weighted by atomic mass is 10.1. The predicted molar refractivity (Wildman–Crippen MR) is 83.4 cm³/mol. The molecule has 1 aromatic carbocycles. The summed E-state index contributed by atoms with van der Waals surface area (Å²) in [5, 5.41) is 2.85. The first-order valence-corrected chi connectivity index (χ1v) is 7.79. The van der Waals surface area contributed by atoms with Crippen molar-refractivity contribution in [3.8, 4) is 5.75 Å². The molecule has 6 heteroatoms. The van der Waals surface area contributed by atoms with Crippen LogP contribution >= 0.6 is 0 Å². The number of benzene rings is 1. The van der Waals surface area contributed by atoms with Crippen LogP contribution in [0.2, 0.25) is 0 Å². The van der Waals surface area contributed by atoms with Gasteiger partial charge in [-0.1, -0.05) is 6.07 Å². The largest absolute Gasteiger partial charge is 0.490 e. The van der Waals surface area contributed by atoms with Crippen LogP contribution in [0.5, 0.6) is 5.75 Å². The van der Waals surface area contributed by atoms with Crippen LogP contribution in [0, 0.1) is 11.7 Å². The van der Waals surface area contributed by atoms with Crippen molar-refractivity contribution >= 4 is 5.91 Å². The second kappa shape index (κ2) is 6.81. The van der Waals surface area contributed by atoms with Gasteiger partial charge in [-0.3, -0.25) is 4.79 Å². The molecule has 2 aromatic rings. The van der Waals surface area contributed by atoms with Crippen molar-refractivity contribution in [1.29, 1.82) is 0 Å². The lowest BCUT2D eigenvalue weighted by molar-refractivity contribution is -0.122. The molecule has 122 valence electrons. The van der Waals surface area contributed by atoms with Crippen molar-refractivity contribution in [3.05, 3.63) is 48.3 Å². The number of hydrogen-bond acceptors (Lipinski definition) is 3. The van der Waals surface area contributed by atoms with Crippen LogP contribution in [-0.4, -0.2) is 22.1 Å². The molecule has 23 heavy (non-hydrogen) atoms. The molecule has 1 aromatic heterocycles. The van der Waals surface area contributed by atoms with Gasteiger partial charge in [-0.05, 0) is 43.4 Å². The third-order valence-electron chi connectivity index (χ3n) is 3.89. The smallest absolute Gasteiger partial charge is 0.240 e. The lowest BCUT2D eigenvalue weighted by Crippen LogP contribution is -2.29. The second-order valence-corrected chi connectivity index (χ2v) is 5.97. The molecule has 0 saturated heterocycles. The molecule has 3 rings (SSSR count). The molecule has 0 spiro atoms. The first-order valence-electron chi connectivity index (χ1n) is 7.79. The highest BCUT2D eigenvalue weighted by Gasteiger charge is 2.22. The number of hydrogen-bond donors (Lipinski definition) is 1. The van der Waals surface area contributed by atoms with Crippen molar-refractivity contribution < 1.29 is 13.9 Å². The Balaban J connectivity index is 1.56. The molecule has 1 saturated carbocycles. The minimum absolute atomic E-state index is 0.148. The van der Waals surface area contributed by atoms with Crippen LogP contribution in [0.3, 0.4) is 0 Å². The molecule has 0 bridgehead atoms. The van der Waals surface area contributed by atoms with Crippen LogP contribution < -0.4 is 10.1 Å². The Morgan fingerprint density at radius 3 is 3.00 bits per heavy atom. The second-order valence-electron chi connectivity index (χ2n) is 5.97. The van der Waals surface area contributed by atoms with E-state index in [0.29, 0.717) is 18.1 Å². The quantitative estimate of drug-likeness (QED) is 0.854. The number of aromatic nitrogens is 2. The van der Waals surface area contributed by atoms with Crippen molar-refractivity contribution in [1.82, 2.24) is 14.9 Å². The first-order chi connectivity index (χ1) is 11.1. The summed E-state index contributed by atoms with van der Waals surface area (Å²) in [5.41, 5.74) is 0.709. The van der Waals surface area contributed by atoms with Gasteiger partial charge in [0.1, 0.15) is 6.54 Å². The minimum atomic E-state index is -0.390. The molecule has 0 unspecified atom stereocenters. The van der Waals surface area contributed by atoms with Gasteiger partial charge in [0.2, 0.25) is 5.91 Å². The molecule has 1 atom stereocenters. The molecule has 1 amide bonds. The number of carbonyl (C=O) groups is 1. The number of nitrogens with zero attached hydrogens (tertiary/aromatic N) is 2. The highest BCUT2D eigenvalue weighted by molar-refractivity contribution is 5.76. The average molecular weight is 317 g/mol. The van der Waals surface area contributed by atoms with Crippen LogP contribution in [0.15, 0.2) is 36.9 Å². The van der Waals surface area contributed by atoms with Crippen molar-refractivity contribution in [2.24, 2.45) is 5.92 Å². The summed E-state index contributed by atoms with van der Waals surface area (Å²) in [5.74, 6) is 0.317. The zero-order valence-electron chi connectivity index (χ0n) is 13.0. The van der Waals surface area contributed by atoms with Gasteiger partial charge in [-0.25, -0.2) is 9.37 Å². The number of nitrogens with one attached hydrogen (secondary N) is 1. The number of halogens is 1. The molecular weight excluding hydrogens is 297 g/mol. The normalized spacial score (nSPS) is 15.2. The third kappa shape index (κ3) is 4.31. The first kappa shape index (κ1) is 15.5. The molecule has 1 aliphatic carbocycles. The van der Waals surface area contributed by atoms with E-state index in [2.05, 4.69) is 10.3 Å². The number of imidazole rings is 1. The van der Waals surface area contributed by atoms with Gasteiger partial charge in [0, 0.05) is 12.4 Å². The van der Waals surface area contributed by atoms with Crippen LogP contribution in [0.1, 0.15) is 31.4 Å². The molecule has 0 radical (unpaired) electrons. The Kier molecular flexibility index (Phi) is 4.60. The van der Waals surface area contributed by atoms with Crippen molar-refractivity contribution in [3.63, 3.8) is 0 Å². The zero-order chi connectivity index (χ0) is 16.2. The van der Waals surface area contributed by atoms with Crippen molar-refractivity contribution in [2.75, 3.05) is 6.61 Å². The fourth-order valence-corrected chi connectivity index (χ4v) is 2.31. The molecule has 1 fully saturated rings. The van der Waals surface area contributed by atoms with E-state index < -0.39 is 0 Å². The maximum Gasteiger partial charge on any atom is 0.240 e. The molecule has 0 aliphatic heterocycles. The molecule has 1 heterocycles. The summed E-state index contributed by atoms with van der Waals surface area (Å²) < 4.78 is 21.2. The van der Waals surface area contributed by atoms with Crippen LogP contribution in [0.4, 0.5) is 4.39 Å². The van der Waals surface area contributed by atoms with E-state index in [1.807, 2.05) is 6.92 Å². The monoisotopic (exact) mass is 317 g/mol. The average Bonchev–Trinajstić information content (AvgIpc) is 3.21. The summed E-state index contributed by atoms with van der Waals surface area (Å²) in [6.45, 7) is 2.59. The standard InChI is InChI=1S/C17H20FN3O2/c1-12(20-17(22)9-21-7-6-19-11-21)14-4-5-16(15(18)8-14)23-10-13-2-3-13/h4-8,11-13H,2-3,9-10H2,1H3,(H,20,22)/t12-/m1/s1. The number of rotatable bonds is 7. The Morgan fingerprint density at radius 2 is 2.35 bits per heavy atom. The topological polar surface area (TPSA) is 56.2 Å². The number of carbonyl (C=O) groups excluding carboxylic acids is 1. The molecule has 1 N–H and O–H groups in total. The van der Waals surface area contributed by atoms with Gasteiger partial charge in [-0.2, -0.15) is 0 Å². The van der Waals surface area contributed by atoms with Crippen LogP contribution in [-0.2, 0) is 11.3 Å². The minimum Gasteiger partial charge on any atom is -0.490 e. The molecular formula is C17H20FN3O2. The fourth-order valence-electron chi connectivity index (χ4n) is 2.31. The molecule has 5 nitrogen and oxygen atoms in total. The summed E-state index contributed by atoms with van der Waals surface area (Å²) in [4.78, 5) is 15.8. The van der Waals surface area contributed by atoms with E-state index >= 15 is 0 Å². The van der Waals surface area contributed by atoms with Gasteiger partial charge in [0.25, 0.3) is 0 Å². The Hall–Kier alpha value is -2.37. The fraction of sp³-hybridized carbons (Fsp3) is 0.412. The van der Waals surface area contributed by atoms with E-state index in [0.717, 1.165) is 0 Å². The van der Waals surface area contributed by atoms with E-state index in [1.165, 1.54) is 18.9 Å². The van der Waals surface area contributed by atoms with Gasteiger partial charge in [0.15, 0.2) is 11.6 Å². The Morgan fingerprint density at radius 1 is 1.52 bits per heavy atom. The number of amides is 1. The summed E-state index contributed by atoms with van der Waals surface area (Å²) in [6, 6.07) is 4.56. The van der Waals surface area contributed by atoms with E-state index in [-0.39, 0.29) is 30.1 Å². The van der Waals surface area contributed by atoms with E-state index in [1.54, 1.807) is 35.4 Å². The third-order valence-corrected chi connectivity index (χ3v) is 3.89. The van der Waals surface area contributed by atoms with Crippen LogP contribution in [0.25, 0.3) is 0 Å². The molecule has 1 aliphatic rings. The summed E-state index contributed by atoms with van der Waals surface area (Å²) in [7, 11) is 0. The number of ether oxygens (including phenoxy) is 1. The van der Waals surface area contributed by atoms with E-state index in [4.69, 9.17) is 4.74 Å². The zero-order valence-corrected chi connectivity index (χ0v) is 13.0. The van der Waals surface area contributed by atoms with Crippen molar-refractivity contribution in [2.45, 2.75) is 32.4 Å². The predicted octanol–water partition coefficient (Wildman–Crippen LogP) is 2.69. The maximum absolute atomic E-state index is 14.1. The SMILES string of the molecule is C[C@@H](NC(=O)Cn1ccnc1)c1ccc(OCC2CC2)c(F)c1. The maximum atomic E-state index is 14.1. The lowest BCUT2D eigenvalue weighted by Gasteiger charge is -2.16. The highest BCUT2D eigenvalue weighted by Crippen LogP contribution is 2.30. The summed E-state index contributed by atoms with van der Waals surface area (Å²) >= 11 is 0. The Bertz CT molecular complexity index is 668. The van der Waals surface area contributed by atoms with Gasteiger partial charge in [-0.15, -0.1) is 0 Å². The van der Waals surface area contributed by atoms with Gasteiger partial charge >= 0.3 is 0 Å². The van der Waals surface area contributed by atoms with Gasteiger partial charge in [0.05, 0.1) is 19.0 Å². The summed E-state index contributed by atoms with van der Waals surface area (Å²) in [6.07, 6.45) is 7.25. The highest BCUT2D eigenvalue weighted by atomic mass is 19.1. The van der Waals surface area contributed by atoms with Gasteiger partial charge < -0.3 is 14.6 Å². The van der Waals surface area contributed by atoms with E-state index in [9.17, 15) is 9.18 Å².